The highest BCUT2D eigenvalue weighted by molar-refractivity contribution is 6.05. The molecule has 10 rings (SSSR count). The van der Waals surface area contributed by atoms with E-state index in [1.807, 2.05) is 0 Å². The largest absolute Gasteiger partial charge is 0.462 e. The third-order valence-corrected chi connectivity index (χ3v) is 9.96. The van der Waals surface area contributed by atoms with Crippen LogP contribution in [-0.2, 0) is 4.74 Å². The minimum atomic E-state index is -2.39. The Balaban J connectivity index is 1.37. The quantitative estimate of drug-likeness (QED) is 0.0607. The van der Waals surface area contributed by atoms with E-state index in [0.29, 0.717) is 27.4 Å². The molecule has 0 fully saturated rings. The summed E-state index contributed by atoms with van der Waals surface area (Å²) in [6.45, 7) is 0.789. The van der Waals surface area contributed by atoms with Gasteiger partial charge in [0, 0.05) is 26.9 Å². The predicted molar refractivity (Wildman–Crippen MR) is 199 cm³/mol. The smallest absolute Gasteiger partial charge is 0.344 e. The van der Waals surface area contributed by atoms with E-state index in [4.69, 9.17) is 9.73 Å². The second kappa shape index (κ2) is 13.6. The molecule has 0 saturated heterocycles. The number of nitrogens with zero attached hydrogens (tertiary/aromatic N) is 4. The lowest BCUT2D eigenvalue weighted by Gasteiger charge is -2.14. The first kappa shape index (κ1) is 37.4. The number of hydrogen-bond donors (Lipinski definition) is 4. The summed E-state index contributed by atoms with van der Waals surface area (Å²) < 4.78 is 150. The van der Waals surface area contributed by atoms with Crippen LogP contribution < -0.4 is 26.7 Å². The van der Waals surface area contributed by atoms with E-state index >= 15 is 35.1 Å². The number of hydrogen-bond acceptors (Lipinski definition) is 7. The molecule has 0 aliphatic carbocycles. The van der Waals surface area contributed by atoms with Crippen LogP contribution in [0.4, 0.5) is 62.8 Å². The van der Waals surface area contributed by atoms with Gasteiger partial charge in [-0.25, -0.2) is 51.1 Å². The van der Waals surface area contributed by atoms with Crippen molar-refractivity contribution in [2.24, 2.45) is 20.0 Å². The summed E-state index contributed by atoms with van der Waals surface area (Å²) in [5, 5.41) is -0.618. The first-order valence-electron chi connectivity index (χ1n) is 17.9. The Hall–Kier alpha value is -7.90. The molecule has 4 N–H and O–H groups in total. The highest BCUT2D eigenvalue weighted by atomic mass is 19.2. The van der Waals surface area contributed by atoms with Crippen molar-refractivity contribution in [1.82, 2.24) is 19.9 Å². The van der Waals surface area contributed by atoms with Crippen LogP contribution in [0, 0.1) is 52.4 Å². The van der Waals surface area contributed by atoms with Crippen LogP contribution in [0.3, 0.4) is 0 Å². The Labute approximate surface area is 331 Å². The molecule has 0 saturated carbocycles. The van der Waals surface area contributed by atoms with Gasteiger partial charge in [0.05, 0.1) is 22.8 Å². The fraction of sp³-hybridized carbons (Fsp3) is 0.0488. The Morgan fingerprint density at radius 1 is 0.475 bits per heavy atom. The van der Waals surface area contributed by atoms with Gasteiger partial charge in [-0.1, -0.05) is 48.5 Å². The first-order valence-corrected chi connectivity index (χ1v) is 17.9. The van der Waals surface area contributed by atoms with Crippen molar-refractivity contribution in [1.29, 1.82) is 0 Å². The van der Waals surface area contributed by atoms with E-state index < -0.39 is 115 Å². The highest BCUT2D eigenvalue weighted by Crippen LogP contribution is 2.47. The molecular weight excluding hydrogens is 823 g/mol. The highest BCUT2D eigenvalue weighted by Gasteiger charge is 2.35. The Kier molecular flexibility index (Phi) is 8.32. The molecule has 304 valence electrons. The van der Waals surface area contributed by atoms with Crippen molar-refractivity contribution in [2.45, 2.75) is 6.92 Å². The number of fused-ring (bicyclic) bond motifs is 20. The summed E-state index contributed by atoms with van der Waals surface area (Å²) >= 11 is 0. The van der Waals surface area contributed by atoms with Crippen molar-refractivity contribution in [3.05, 3.63) is 141 Å². The van der Waals surface area contributed by atoms with Crippen LogP contribution in [0.2, 0.25) is 0 Å². The average Bonchev–Trinajstić information content (AvgIpc) is 3.99. The summed E-state index contributed by atoms with van der Waals surface area (Å²) in [4.78, 5) is 41.9. The molecule has 9 aromatic rings. The summed E-state index contributed by atoms with van der Waals surface area (Å²) in [7, 11) is 0. The third kappa shape index (κ3) is 5.51. The second-order valence-corrected chi connectivity index (χ2v) is 13.4. The van der Waals surface area contributed by atoms with Crippen molar-refractivity contribution in [2.75, 3.05) is 6.61 Å². The standard InChI is InChI=1S/C41H19F9N8O3/c1-2-60-41(59)22-25(45)28(48)32(29(49)26(22)46)61-31-21-20(24(44)27(47)30(31)50)39-55-36-16-10-6-5-9-15(16)34(53-36)51-33-13-7-3-4-8-14(13)35(52-33)54-37-17-11-12-18(42)23(43)19(17)38(56-37)57-40(21)58-39/h3-12H,2H2,1H3,(H4,51,52,53,54,55,56,57,58). The molecule has 1 aliphatic heterocycles. The molecule has 0 atom stereocenters. The Bertz CT molecular complexity index is 3660. The minimum absolute atomic E-state index is 0.0555. The van der Waals surface area contributed by atoms with Gasteiger partial charge < -0.3 is 29.4 Å². The number of carbonyl (C=O) groups is 1. The SMILES string of the molecule is CCOC(=O)c1c(F)c(F)c(Oc2c(F)c(F)c(F)c3c4[nH]c(c23)N=c2[nH]c(c3ccc(F)c(F)c23)=Nc2[nH]c(c3ccccc23)N=c2[nH]c(c3ccccc23)=N4)c(F)c1F. The number of rotatable bonds is 4. The fourth-order valence-electron chi connectivity index (χ4n) is 7.25. The topological polar surface area (TPSA) is 148 Å². The normalized spacial score (nSPS) is 12.4. The number of aromatic nitrogens is 4. The van der Waals surface area contributed by atoms with Crippen LogP contribution >= 0.6 is 0 Å². The lowest BCUT2D eigenvalue weighted by molar-refractivity contribution is 0.0512. The molecule has 11 nitrogen and oxygen atoms in total. The van der Waals surface area contributed by atoms with Gasteiger partial charge in [-0.05, 0) is 19.1 Å². The van der Waals surface area contributed by atoms with E-state index in [0.717, 1.165) is 6.07 Å². The van der Waals surface area contributed by atoms with Crippen molar-refractivity contribution >= 4 is 72.3 Å². The Morgan fingerprint density at radius 2 is 0.967 bits per heavy atom. The summed E-state index contributed by atoms with van der Waals surface area (Å²) in [5.74, 6) is -25.2. The van der Waals surface area contributed by atoms with Gasteiger partial charge in [-0.15, -0.1) is 0 Å². The maximum Gasteiger partial charge on any atom is 0.344 e. The molecule has 1 aliphatic rings. The second-order valence-electron chi connectivity index (χ2n) is 13.4. The summed E-state index contributed by atoms with van der Waals surface area (Å²) in [6, 6.07) is 15.6. The zero-order valence-corrected chi connectivity index (χ0v) is 30.4. The zero-order valence-electron chi connectivity index (χ0n) is 30.4. The first-order chi connectivity index (χ1) is 29.4. The molecule has 0 unspecified atom stereocenters. The maximum absolute atomic E-state index is 16.2. The van der Waals surface area contributed by atoms with Crippen LogP contribution in [0.25, 0.3) is 43.1 Å². The number of halogens is 9. The van der Waals surface area contributed by atoms with Crippen LogP contribution in [0.15, 0.2) is 80.6 Å². The van der Waals surface area contributed by atoms with E-state index in [-0.39, 0.29) is 27.7 Å². The fourth-order valence-corrected chi connectivity index (χ4v) is 7.25. The van der Waals surface area contributed by atoms with Crippen molar-refractivity contribution in [3.63, 3.8) is 0 Å². The third-order valence-electron chi connectivity index (χ3n) is 9.96. The van der Waals surface area contributed by atoms with Gasteiger partial charge >= 0.3 is 5.97 Å². The molecule has 5 heterocycles. The average molecular weight is 843 g/mol. The van der Waals surface area contributed by atoms with Gasteiger partial charge in [0.1, 0.15) is 50.8 Å². The molecule has 0 amide bonds. The predicted octanol–water partition coefficient (Wildman–Crippen LogP) is 8.95. The molecule has 8 bridgehead atoms. The number of ether oxygens (including phenoxy) is 2. The molecule has 61 heavy (non-hydrogen) atoms. The summed E-state index contributed by atoms with van der Waals surface area (Å²) in [5.41, 5.74) is -2.34. The van der Waals surface area contributed by atoms with Gasteiger partial charge in [0.25, 0.3) is 0 Å². The monoisotopic (exact) mass is 842 g/mol. The van der Waals surface area contributed by atoms with Gasteiger partial charge in [-0.2, -0.15) is 13.2 Å². The number of esters is 1. The van der Waals surface area contributed by atoms with Crippen molar-refractivity contribution < 1.29 is 53.8 Å². The van der Waals surface area contributed by atoms with Gasteiger partial charge in [0.15, 0.2) is 40.7 Å². The van der Waals surface area contributed by atoms with E-state index in [9.17, 15) is 9.18 Å². The van der Waals surface area contributed by atoms with E-state index in [2.05, 4.69) is 39.6 Å². The lowest BCUT2D eigenvalue weighted by atomic mass is 10.1. The summed E-state index contributed by atoms with van der Waals surface area (Å²) in [6.07, 6.45) is 0. The maximum atomic E-state index is 16.2. The molecule has 5 aromatic carbocycles. The van der Waals surface area contributed by atoms with Crippen LogP contribution in [-0.4, -0.2) is 32.5 Å². The van der Waals surface area contributed by atoms with Crippen molar-refractivity contribution in [3.8, 4) is 11.5 Å². The molecule has 0 radical (unpaired) electrons. The number of carbonyl (C=O) groups excluding carboxylic acids is 1. The van der Waals surface area contributed by atoms with Crippen LogP contribution in [0.5, 0.6) is 11.5 Å². The molecule has 4 aromatic heterocycles. The van der Waals surface area contributed by atoms with E-state index in [1.165, 1.54) is 13.0 Å². The molecule has 20 heteroatoms. The van der Waals surface area contributed by atoms with E-state index in [1.54, 1.807) is 48.5 Å². The number of benzene rings is 5. The number of nitrogens with one attached hydrogen (secondary N) is 4. The molecule has 0 spiro atoms. The van der Waals surface area contributed by atoms with Crippen LogP contribution in [0.1, 0.15) is 17.3 Å². The lowest BCUT2D eigenvalue weighted by Crippen LogP contribution is -2.14. The minimum Gasteiger partial charge on any atom is -0.462 e. The molecular formula is C41H19F9N8O3. The zero-order chi connectivity index (χ0) is 42.6. The van der Waals surface area contributed by atoms with Gasteiger partial charge in [0.2, 0.25) is 23.2 Å². The van der Waals surface area contributed by atoms with Gasteiger partial charge in [-0.3, -0.25) is 0 Å². The Morgan fingerprint density at radius 3 is 1.57 bits per heavy atom. The number of H-pyrrole nitrogens is 4. The number of aromatic amines is 4.